The normalized spacial score (nSPS) is 11.1. The first-order valence-electron chi connectivity index (χ1n) is 3.27. The zero-order chi connectivity index (χ0) is 8.10. The molecule has 0 unspecified atom stereocenters. The van der Waals surface area contributed by atoms with E-state index in [2.05, 4.69) is 17.7 Å². The molecule has 11 heavy (non-hydrogen) atoms. The molecule has 1 aromatic rings. The molecule has 0 N–H and O–H groups in total. The summed E-state index contributed by atoms with van der Waals surface area (Å²) in [7, 11) is 0. The van der Waals surface area contributed by atoms with Gasteiger partial charge in [-0.05, 0) is 0 Å². The fourth-order valence-electron chi connectivity index (χ4n) is 0.695. The number of aromatic nitrogens is 2. The summed E-state index contributed by atoms with van der Waals surface area (Å²) in [6.45, 7) is 0.757. The second-order valence-electron chi connectivity index (χ2n) is 2.03. The number of hydrogen-bond donors (Lipinski definition) is 1. The predicted molar refractivity (Wildman–Crippen MR) is 50.2 cm³/mol. The molecule has 0 spiro atoms. The zero-order valence-corrected chi connectivity index (χ0v) is 7.59. The smallest absolute Gasteiger partial charge is 0.0785 e. The minimum absolute atomic E-state index is 0.671. The molecule has 0 amide bonds. The first kappa shape index (κ1) is 8.68. The lowest BCUT2D eigenvalue weighted by atomic mass is 10.5. The molecule has 0 bridgehead atoms. The largest absolute Gasteiger partial charge is 0.267 e. The third-order valence-electron chi connectivity index (χ3n) is 1.17. The van der Waals surface area contributed by atoms with E-state index in [-0.39, 0.29) is 0 Å². The second kappa shape index (κ2) is 4.46. The molecular formula is C7H9ClN2S. The average Bonchev–Trinajstić information content (AvgIpc) is 2.37. The van der Waals surface area contributed by atoms with Gasteiger partial charge >= 0.3 is 0 Å². The summed E-state index contributed by atoms with van der Waals surface area (Å²) < 4.78 is 1.77. The molecule has 0 saturated carbocycles. The van der Waals surface area contributed by atoms with Crippen LogP contribution < -0.4 is 0 Å². The van der Waals surface area contributed by atoms with Crippen LogP contribution in [0.1, 0.15) is 0 Å². The van der Waals surface area contributed by atoms with Crippen molar-refractivity contribution < 1.29 is 0 Å². The van der Waals surface area contributed by atoms with E-state index in [1.807, 2.05) is 12.2 Å². The highest BCUT2D eigenvalue weighted by atomic mass is 35.5. The highest BCUT2D eigenvalue weighted by molar-refractivity contribution is 7.80. The lowest BCUT2D eigenvalue weighted by molar-refractivity contribution is 0.701. The van der Waals surface area contributed by atoms with Crippen LogP contribution in [0.2, 0.25) is 5.02 Å². The van der Waals surface area contributed by atoms with Crippen LogP contribution in [0, 0.1) is 0 Å². The van der Waals surface area contributed by atoms with Crippen molar-refractivity contribution >= 4 is 24.2 Å². The molecule has 0 atom stereocenters. The van der Waals surface area contributed by atoms with E-state index in [0.717, 1.165) is 12.3 Å². The van der Waals surface area contributed by atoms with Crippen LogP contribution in [-0.4, -0.2) is 15.5 Å². The van der Waals surface area contributed by atoms with Gasteiger partial charge < -0.3 is 0 Å². The van der Waals surface area contributed by atoms with Crippen LogP contribution in [0.3, 0.4) is 0 Å². The van der Waals surface area contributed by atoms with Gasteiger partial charge in [-0.1, -0.05) is 23.8 Å². The van der Waals surface area contributed by atoms with E-state index in [4.69, 9.17) is 11.6 Å². The molecule has 0 fully saturated rings. The van der Waals surface area contributed by atoms with Crippen LogP contribution in [0.4, 0.5) is 0 Å². The predicted octanol–water partition coefficient (Wildman–Crippen LogP) is 2.02. The Labute approximate surface area is 76.3 Å². The number of nitrogens with zero attached hydrogens (tertiary/aromatic N) is 2. The van der Waals surface area contributed by atoms with Crippen molar-refractivity contribution in [1.29, 1.82) is 0 Å². The Morgan fingerprint density at radius 3 is 3.00 bits per heavy atom. The van der Waals surface area contributed by atoms with Gasteiger partial charge in [0.05, 0.1) is 17.8 Å². The Balaban J connectivity index is 2.45. The average molecular weight is 189 g/mol. The van der Waals surface area contributed by atoms with Gasteiger partial charge in [-0.25, -0.2) is 0 Å². The van der Waals surface area contributed by atoms with E-state index in [1.165, 1.54) is 0 Å². The Bertz CT molecular complexity index is 244. The van der Waals surface area contributed by atoms with E-state index >= 15 is 0 Å². The molecule has 0 aliphatic rings. The molecule has 0 aromatic carbocycles. The van der Waals surface area contributed by atoms with Gasteiger partial charge in [-0.2, -0.15) is 17.7 Å². The summed E-state index contributed by atoms with van der Waals surface area (Å²) in [5.41, 5.74) is 0. The first-order valence-corrected chi connectivity index (χ1v) is 4.28. The summed E-state index contributed by atoms with van der Waals surface area (Å²) in [4.78, 5) is 0. The van der Waals surface area contributed by atoms with Gasteiger partial charge in [0.25, 0.3) is 0 Å². The standard InChI is InChI=1S/C7H9ClN2S/c8-7-5-9-10(6-7)3-1-2-4-11/h1-2,5-6,11H,3-4H2. The van der Waals surface area contributed by atoms with Gasteiger partial charge in [-0.15, -0.1) is 0 Å². The number of rotatable bonds is 3. The Morgan fingerprint density at radius 1 is 1.64 bits per heavy atom. The van der Waals surface area contributed by atoms with Crippen LogP contribution in [0.5, 0.6) is 0 Å². The van der Waals surface area contributed by atoms with Crippen molar-refractivity contribution in [3.8, 4) is 0 Å². The molecule has 0 radical (unpaired) electrons. The fourth-order valence-corrected chi connectivity index (χ4v) is 1.00. The maximum Gasteiger partial charge on any atom is 0.0785 e. The van der Waals surface area contributed by atoms with Crippen molar-refractivity contribution in [2.45, 2.75) is 6.54 Å². The number of halogens is 1. The zero-order valence-electron chi connectivity index (χ0n) is 5.94. The van der Waals surface area contributed by atoms with Crippen molar-refractivity contribution in [3.63, 3.8) is 0 Å². The SMILES string of the molecule is SCC=CCn1cc(Cl)cn1. The molecule has 0 aliphatic heterocycles. The molecule has 0 saturated heterocycles. The molecule has 1 rings (SSSR count). The van der Waals surface area contributed by atoms with E-state index in [1.54, 1.807) is 17.1 Å². The number of hydrogen-bond acceptors (Lipinski definition) is 2. The van der Waals surface area contributed by atoms with E-state index in [0.29, 0.717) is 5.02 Å². The maximum absolute atomic E-state index is 5.65. The fraction of sp³-hybridized carbons (Fsp3) is 0.286. The van der Waals surface area contributed by atoms with E-state index < -0.39 is 0 Å². The summed E-state index contributed by atoms with van der Waals surface area (Å²) in [6.07, 6.45) is 7.37. The third-order valence-corrected chi connectivity index (χ3v) is 1.57. The molecule has 1 heterocycles. The summed E-state index contributed by atoms with van der Waals surface area (Å²) in [5, 5.41) is 4.67. The minimum atomic E-state index is 0.671. The van der Waals surface area contributed by atoms with Crippen molar-refractivity contribution in [2.75, 3.05) is 5.75 Å². The highest BCUT2D eigenvalue weighted by Gasteiger charge is 1.90. The number of thiol groups is 1. The van der Waals surface area contributed by atoms with Gasteiger partial charge in [0.2, 0.25) is 0 Å². The summed E-state index contributed by atoms with van der Waals surface area (Å²) in [6, 6.07) is 0. The first-order chi connectivity index (χ1) is 5.33. The van der Waals surface area contributed by atoms with Gasteiger partial charge in [0.1, 0.15) is 0 Å². The maximum atomic E-state index is 5.65. The Hall–Kier alpha value is -0.410. The van der Waals surface area contributed by atoms with Gasteiger partial charge in [0, 0.05) is 11.9 Å². The van der Waals surface area contributed by atoms with Crippen molar-refractivity contribution in [2.24, 2.45) is 0 Å². The highest BCUT2D eigenvalue weighted by Crippen LogP contribution is 2.04. The third kappa shape index (κ3) is 2.99. The topological polar surface area (TPSA) is 17.8 Å². The number of allylic oxidation sites excluding steroid dienone is 1. The quantitative estimate of drug-likeness (QED) is 0.568. The van der Waals surface area contributed by atoms with Crippen LogP contribution in [0.25, 0.3) is 0 Å². The van der Waals surface area contributed by atoms with E-state index in [9.17, 15) is 0 Å². The molecule has 60 valence electrons. The Morgan fingerprint density at radius 2 is 2.45 bits per heavy atom. The van der Waals surface area contributed by atoms with Crippen molar-refractivity contribution in [3.05, 3.63) is 29.6 Å². The van der Waals surface area contributed by atoms with Crippen LogP contribution in [-0.2, 0) is 6.54 Å². The molecule has 2 nitrogen and oxygen atoms in total. The monoisotopic (exact) mass is 188 g/mol. The lowest BCUT2D eigenvalue weighted by Gasteiger charge is -1.91. The van der Waals surface area contributed by atoms with Gasteiger partial charge in [0.15, 0.2) is 0 Å². The molecule has 0 aliphatic carbocycles. The van der Waals surface area contributed by atoms with Crippen LogP contribution >= 0.6 is 24.2 Å². The van der Waals surface area contributed by atoms with Gasteiger partial charge in [-0.3, -0.25) is 4.68 Å². The minimum Gasteiger partial charge on any atom is -0.267 e. The van der Waals surface area contributed by atoms with Crippen molar-refractivity contribution in [1.82, 2.24) is 9.78 Å². The summed E-state index contributed by atoms with van der Waals surface area (Å²) >= 11 is 9.68. The Kier molecular flexibility index (Phi) is 3.52. The molecule has 4 heteroatoms. The molecule has 1 aromatic heterocycles. The second-order valence-corrected chi connectivity index (χ2v) is 2.84. The molecular weight excluding hydrogens is 180 g/mol. The van der Waals surface area contributed by atoms with Crippen LogP contribution in [0.15, 0.2) is 24.5 Å². The lowest BCUT2D eigenvalue weighted by Crippen LogP contribution is -1.94. The summed E-state index contributed by atoms with van der Waals surface area (Å²) in [5.74, 6) is 0.759.